The molecule has 7 heteroatoms. The number of alkyl halides is 3. The summed E-state index contributed by atoms with van der Waals surface area (Å²) in [6.07, 6.45) is -4.24. The summed E-state index contributed by atoms with van der Waals surface area (Å²) in [4.78, 5) is 23.2. The molecule has 0 bridgehead atoms. The van der Waals surface area contributed by atoms with Crippen LogP contribution in [0.2, 0.25) is 0 Å². The van der Waals surface area contributed by atoms with Crippen LogP contribution in [-0.2, 0) is 11.0 Å². The first-order chi connectivity index (χ1) is 11.8. The molecule has 2 rings (SSSR count). The van der Waals surface area contributed by atoms with Gasteiger partial charge in [0.15, 0.2) is 5.78 Å². The molecule has 2 aromatic rings. The van der Waals surface area contributed by atoms with E-state index in [1.165, 1.54) is 19.1 Å². The van der Waals surface area contributed by atoms with Crippen molar-refractivity contribution in [3.05, 3.63) is 59.7 Å². The van der Waals surface area contributed by atoms with Crippen molar-refractivity contribution in [2.75, 3.05) is 17.2 Å². The number of Topliss-reactive ketones (excluding diaryl/α,β-unsaturated/α-hetero) is 1. The number of hydrogen-bond acceptors (Lipinski definition) is 3. The van der Waals surface area contributed by atoms with E-state index in [9.17, 15) is 22.8 Å². The number of benzene rings is 2. The highest BCUT2D eigenvalue weighted by Gasteiger charge is 2.29. The Balaban J connectivity index is 1.82. The predicted molar refractivity (Wildman–Crippen MR) is 89.6 cm³/mol. The molecule has 0 aliphatic carbocycles. The molecule has 1 amide bonds. The smallest absolute Gasteiger partial charge is 0.385 e. The number of carbonyl (C=O) groups is 2. The normalized spacial score (nSPS) is 11.0. The zero-order valence-corrected chi connectivity index (χ0v) is 13.5. The van der Waals surface area contributed by atoms with E-state index in [-0.39, 0.29) is 24.7 Å². The fraction of sp³-hybridized carbons (Fsp3) is 0.222. The third-order valence-electron chi connectivity index (χ3n) is 3.45. The second kappa shape index (κ2) is 7.83. The third-order valence-corrected chi connectivity index (χ3v) is 3.45. The quantitative estimate of drug-likeness (QED) is 0.762. The van der Waals surface area contributed by atoms with Gasteiger partial charge in [0.2, 0.25) is 5.91 Å². The highest BCUT2D eigenvalue weighted by molar-refractivity contribution is 5.97. The van der Waals surface area contributed by atoms with Crippen molar-refractivity contribution < 1.29 is 22.8 Å². The number of anilines is 2. The average Bonchev–Trinajstić information content (AvgIpc) is 2.54. The van der Waals surface area contributed by atoms with Crippen LogP contribution >= 0.6 is 0 Å². The Morgan fingerprint density at radius 1 is 1.00 bits per heavy atom. The standard InChI is InChI=1S/C18H17F3N2O2/c1-12(24)13-3-2-4-16(11-13)23-17(25)9-10-22-15-7-5-14(6-8-15)18(19,20)21/h2-8,11,22H,9-10H2,1H3,(H,23,25). The summed E-state index contributed by atoms with van der Waals surface area (Å²) in [7, 11) is 0. The van der Waals surface area contributed by atoms with Crippen LogP contribution in [0.5, 0.6) is 0 Å². The second-order valence-electron chi connectivity index (χ2n) is 5.44. The van der Waals surface area contributed by atoms with E-state index in [4.69, 9.17) is 0 Å². The van der Waals surface area contributed by atoms with Crippen LogP contribution in [0.15, 0.2) is 48.5 Å². The van der Waals surface area contributed by atoms with Gasteiger partial charge in [-0.15, -0.1) is 0 Å². The fourth-order valence-corrected chi connectivity index (χ4v) is 2.14. The van der Waals surface area contributed by atoms with Gasteiger partial charge in [-0.3, -0.25) is 9.59 Å². The molecular formula is C18H17F3N2O2. The number of carbonyl (C=O) groups excluding carboxylic acids is 2. The van der Waals surface area contributed by atoms with Crippen LogP contribution in [0.1, 0.15) is 29.3 Å². The minimum atomic E-state index is -4.37. The molecular weight excluding hydrogens is 333 g/mol. The van der Waals surface area contributed by atoms with Gasteiger partial charge in [0.1, 0.15) is 0 Å². The number of halogens is 3. The first kappa shape index (κ1) is 18.5. The van der Waals surface area contributed by atoms with Gasteiger partial charge >= 0.3 is 6.18 Å². The molecule has 0 fully saturated rings. The van der Waals surface area contributed by atoms with Crippen LogP contribution < -0.4 is 10.6 Å². The molecule has 0 saturated heterocycles. The van der Waals surface area contributed by atoms with Crippen molar-refractivity contribution in [2.24, 2.45) is 0 Å². The third kappa shape index (κ3) is 5.63. The molecule has 0 radical (unpaired) electrons. The Bertz CT molecular complexity index is 756. The monoisotopic (exact) mass is 350 g/mol. The maximum absolute atomic E-state index is 12.5. The zero-order chi connectivity index (χ0) is 18.4. The highest BCUT2D eigenvalue weighted by atomic mass is 19.4. The lowest BCUT2D eigenvalue weighted by Gasteiger charge is -2.10. The van der Waals surface area contributed by atoms with Crippen LogP contribution in [0, 0.1) is 0 Å². The van der Waals surface area contributed by atoms with Gasteiger partial charge in [0.25, 0.3) is 0 Å². The fourth-order valence-electron chi connectivity index (χ4n) is 2.14. The first-order valence-corrected chi connectivity index (χ1v) is 7.58. The number of rotatable bonds is 6. The largest absolute Gasteiger partial charge is 0.416 e. The zero-order valence-electron chi connectivity index (χ0n) is 13.5. The van der Waals surface area contributed by atoms with Crippen molar-refractivity contribution >= 4 is 23.1 Å². The van der Waals surface area contributed by atoms with Crippen molar-refractivity contribution in [3.63, 3.8) is 0 Å². The van der Waals surface area contributed by atoms with E-state index in [0.717, 1.165) is 12.1 Å². The van der Waals surface area contributed by atoms with E-state index in [0.29, 0.717) is 16.9 Å². The molecule has 0 aromatic heterocycles. The molecule has 0 saturated carbocycles. The maximum atomic E-state index is 12.5. The van der Waals surface area contributed by atoms with Gasteiger partial charge in [0, 0.05) is 29.9 Å². The molecule has 0 aliphatic heterocycles. The molecule has 2 aromatic carbocycles. The minimum Gasteiger partial charge on any atom is -0.385 e. The van der Waals surface area contributed by atoms with Crippen LogP contribution in [-0.4, -0.2) is 18.2 Å². The summed E-state index contributed by atoms with van der Waals surface area (Å²) in [6.45, 7) is 1.71. The number of nitrogens with one attached hydrogen (secondary N) is 2. The molecule has 4 nitrogen and oxygen atoms in total. The lowest BCUT2D eigenvalue weighted by molar-refractivity contribution is -0.137. The van der Waals surface area contributed by atoms with E-state index in [2.05, 4.69) is 10.6 Å². The van der Waals surface area contributed by atoms with Crippen molar-refractivity contribution in [1.29, 1.82) is 0 Å². The number of hydrogen-bond donors (Lipinski definition) is 2. The van der Waals surface area contributed by atoms with Gasteiger partial charge in [-0.05, 0) is 43.3 Å². The van der Waals surface area contributed by atoms with E-state index in [1.54, 1.807) is 24.3 Å². The van der Waals surface area contributed by atoms with Gasteiger partial charge < -0.3 is 10.6 Å². The minimum absolute atomic E-state index is 0.0972. The summed E-state index contributed by atoms with van der Waals surface area (Å²) in [6, 6.07) is 11.2. The van der Waals surface area contributed by atoms with Crippen molar-refractivity contribution in [3.8, 4) is 0 Å². The van der Waals surface area contributed by atoms with Gasteiger partial charge in [-0.1, -0.05) is 12.1 Å². The Morgan fingerprint density at radius 2 is 1.68 bits per heavy atom. The molecule has 0 unspecified atom stereocenters. The first-order valence-electron chi connectivity index (χ1n) is 7.58. The summed E-state index contributed by atoms with van der Waals surface area (Å²) >= 11 is 0. The Labute approximate surface area is 143 Å². The molecule has 132 valence electrons. The average molecular weight is 350 g/mol. The number of ketones is 1. The van der Waals surface area contributed by atoms with Gasteiger partial charge in [0.05, 0.1) is 5.56 Å². The van der Waals surface area contributed by atoms with E-state index >= 15 is 0 Å². The Hall–Kier alpha value is -2.83. The maximum Gasteiger partial charge on any atom is 0.416 e. The van der Waals surface area contributed by atoms with E-state index in [1.807, 2.05) is 0 Å². The Kier molecular flexibility index (Phi) is 5.80. The van der Waals surface area contributed by atoms with Crippen LogP contribution in [0.4, 0.5) is 24.5 Å². The van der Waals surface area contributed by atoms with Crippen LogP contribution in [0.25, 0.3) is 0 Å². The summed E-state index contributed by atoms with van der Waals surface area (Å²) < 4.78 is 37.4. The second-order valence-corrected chi connectivity index (χ2v) is 5.44. The topological polar surface area (TPSA) is 58.2 Å². The lowest BCUT2D eigenvalue weighted by Crippen LogP contribution is -2.16. The SMILES string of the molecule is CC(=O)c1cccc(NC(=O)CCNc2ccc(C(F)(F)F)cc2)c1. The van der Waals surface area contributed by atoms with Gasteiger partial charge in [-0.25, -0.2) is 0 Å². The Morgan fingerprint density at radius 3 is 2.28 bits per heavy atom. The van der Waals surface area contributed by atoms with Crippen LogP contribution in [0.3, 0.4) is 0 Å². The highest BCUT2D eigenvalue weighted by Crippen LogP contribution is 2.29. The van der Waals surface area contributed by atoms with Crippen molar-refractivity contribution in [1.82, 2.24) is 0 Å². The molecule has 25 heavy (non-hydrogen) atoms. The summed E-state index contributed by atoms with van der Waals surface area (Å²) in [5.74, 6) is -0.361. The van der Waals surface area contributed by atoms with E-state index < -0.39 is 11.7 Å². The van der Waals surface area contributed by atoms with Crippen molar-refractivity contribution in [2.45, 2.75) is 19.5 Å². The molecule has 0 atom stereocenters. The molecule has 2 N–H and O–H groups in total. The molecule has 0 spiro atoms. The number of amides is 1. The lowest BCUT2D eigenvalue weighted by atomic mass is 10.1. The molecule has 0 heterocycles. The predicted octanol–water partition coefficient (Wildman–Crippen LogP) is 4.35. The summed E-state index contributed by atoms with van der Waals surface area (Å²) in [5, 5.41) is 5.56. The summed E-state index contributed by atoms with van der Waals surface area (Å²) in [5.41, 5.74) is 0.799. The van der Waals surface area contributed by atoms with Gasteiger partial charge in [-0.2, -0.15) is 13.2 Å². The molecule has 0 aliphatic rings.